The van der Waals surface area contributed by atoms with E-state index in [1.165, 1.54) is 0 Å². The Morgan fingerprint density at radius 1 is 0.939 bits per heavy atom. The van der Waals surface area contributed by atoms with Gasteiger partial charge in [0, 0.05) is 36.3 Å². The number of anilines is 1. The molecule has 1 N–H and O–H groups in total. The fraction of sp³-hybridized carbons (Fsp3) is 0.320. The topological polar surface area (TPSA) is 93.0 Å². The molecule has 0 atom stereocenters. The van der Waals surface area contributed by atoms with E-state index in [2.05, 4.69) is 20.8 Å². The van der Waals surface area contributed by atoms with Crippen LogP contribution in [0, 0.1) is 5.92 Å². The predicted octanol–water partition coefficient (Wildman–Crippen LogP) is 3.57. The van der Waals surface area contributed by atoms with Crippen molar-refractivity contribution in [2.24, 2.45) is 5.92 Å². The number of benzene rings is 2. The number of piperidine rings is 1. The lowest BCUT2D eigenvalue weighted by Crippen LogP contribution is -2.40. The van der Waals surface area contributed by atoms with E-state index in [0.29, 0.717) is 32.0 Å². The SMILES string of the molecule is O=C(Nc1ccc(-c2nnnn2C2CC2)cc1)C1CCN(C(=O)/C=C/c2ccccc2)CC1. The average Bonchev–Trinajstić information content (AvgIpc) is 3.60. The molecule has 2 aliphatic rings. The molecule has 0 radical (unpaired) electrons. The third-order valence-electron chi connectivity index (χ3n) is 6.19. The Morgan fingerprint density at radius 2 is 1.67 bits per heavy atom. The lowest BCUT2D eigenvalue weighted by atomic mass is 9.95. The zero-order chi connectivity index (χ0) is 22.6. The number of likely N-dealkylation sites (tertiary alicyclic amines) is 1. The van der Waals surface area contributed by atoms with Gasteiger partial charge >= 0.3 is 0 Å². The molecule has 5 rings (SSSR count). The van der Waals surface area contributed by atoms with E-state index in [9.17, 15) is 9.59 Å². The highest BCUT2D eigenvalue weighted by molar-refractivity contribution is 5.94. The van der Waals surface area contributed by atoms with E-state index >= 15 is 0 Å². The quantitative estimate of drug-likeness (QED) is 0.589. The van der Waals surface area contributed by atoms with Crippen LogP contribution < -0.4 is 5.32 Å². The summed E-state index contributed by atoms with van der Waals surface area (Å²) in [5.41, 5.74) is 2.67. The maximum atomic E-state index is 12.8. The van der Waals surface area contributed by atoms with Crippen molar-refractivity contribution in [3.8, 4) is 11.4 Å². The molecule has 8 heteroatoms. The van der Waals surface area contributed by atoms with Gasteiger partial charge in [-0.3, -0.25) is 9.59 Å². The first-order chi connectivity index (χ1) is 16.2. The number of carbonyl (C=O) groups excluding carboxylic acids is 2. The van der Waals surface area contributed by atoms with Crippen molar-refractivity contribution in [2.45, 2.75) is 31.7 Å². The molecule has 168 valence electrons. The molecule has 1 saturated carbocycles. The van der Waals surface area contributed by atoms with Crippen molar-refractivity contribution in [1.29, 1.82) is 0 Å². The summed E-state index contributed by atoms with van der Waals surface area (Å²) in [6.07, 6.45) is 6.97. The van der Waals surface area contributed by atoms with Gasteiger partial charge in [-0.25, -0.2) is 4.68 Å². The first-order valence-electron chi connectivity index (χ1n) is 11.4. The molecule has 3 aromatic rings. The predicted molar refractivity (Wildman–Crippen MR) is 125 cm³/mol. The Labute approximate surface area is 192 Å². The zero-order valence-corrected chi connectivity index (χ0v) is 18.3. The average molecular weight is 443 g/mol. The van der Waals surface area contributed by atoms with Gasteiger partial charge in [0.15, 0.2) is 5.82 Å². The van der Waals surface area contributed by atoms with Gasteiger partial charge in [-0.05, 0) is 72.0 Å². The van der Waals surface area contributed by atoms with Crippen LogP contribution in [0.15, 0.2) is 60.7 Å². The van der Waals surface area contributed by atoms with Gasteiger partial charge in [-0.2, -0.15) is 0 Å². The molecule has 0 spiro atoms. The minimum Gasteiger partial charge on any atom is -0.339 e. The first-order valence-corrected chi connectivity index (χ1v) is 11.4. The molecule has 2 heterocycles. The number of rotatable bonds is 6. The lowest BCUT2D eigenvalue weighted by molar-refractivity contribution is -0.130. The summed E-state index contributed by atoms with van der Waals surface area (Å²) in [5.74, 6) is 0.641. The fourth-order valence-electron chi connectivity index (χ4n) is 4.09. The van der Waals surface area contributed by atoms with Crippen LogP contribution in [0.1, 0.15) is 37.3 Å². The van der Waals surface area contributed by atoms with Gasteiger partial charge in [0.25, 0.3) is 0 Å². The first kappa shape index (κ1) is 21.1. The number of hydrogen-bond acceptors (Lipinski definition) is 5. The molecule has 1 aromatic heterocycles. The molecule has 2 amide bonds. The summed E-state index contributed by atoms with van der Waals surface area (Å²) in [7, 11) is 0. The Balaban J connectivity index is 1.13. The van der Waals surface area contributed by atoms with E-state index < -0.39 is 0 Å². The van der Waals surface area contributed by atoms with Crippen LogP contribution in [0.2, 0.25) is 0 Å². The number of carbonyl (C=O) groups is 2. The zero-order valence-electron chi connectivity index (χ0n) is 18.3. The van der Waals surface area contributed by atoms with Gasteiger partial charge in [-0.15, -0.1) is 5.10 Å². The maximum Gasteiger partial charge on any atom is 0.246 e. The van der Waals surface area contributed by atoms with Crippen molar-refractivity contribution >= 4 is 23.6 Å². The normalized spacial score (nSPS) is 16.8. The van der Waals surface area contributed by atoms with Crippen LogP contribution in [-0.2, 0) is 9.59 Å². The second-order valence-corrected chi connectivity index (χ2v) is 8.59. The highest BCUT2D eigenvalue weighted by Gasteiger charge is 2.29. The molecular weight excluding hydrogens is 416 g/mol. The van der Waals surface area contributed by atoms with Crippen molar-refractivity contribution in [3.63, 3.8) is 0 Å². The van der Waals surface area contributed by atoms with Crippen molar-refractivity contribution in [3.05, 3.63) is 66.2 Å². The molecule has 33 heavy (non-hydrogen) atoms. The standard InChI is InChI=1S/C25H26N6O2/c32-23(13-6-18-4-2-1-3-5-18)30-16-14-20(15-17-30)25(33)26-21-9-7-19(8-10-21)24-27-28-29-31(24)22-11-12-22/h1-10,13,20,22H,11-12,14-17H2,(H,26,33)/b13-6+. The molecule has 2 fully saturated rings. The molecule has 0 unspecified atom stereocenters. The number of nitrogens with zero attached hydrogens (tertiary/aromatic N) is 5. The van der Waals surface area contributed by atoms with Crippen LogP contribution in [0.5, 0.6) is 0 Å². The highest BCUT2D eigenvalue weighted by Crippen LogP contribution is 2.36. The fourth-order valence-corrected chi connectivity index (χ4v) is 4.09. The van der Waals surface area contributed by atoms with Gasteiger partial charge in [0.2, 0.25) is 11.8 Å². The molecule has 1 aliphatic carbocycles. The molecule has 2 aromatic carbocycles. The van der Waals surface area contributed by atoms with Gasteiger partial charge in [0.05, 0.1) is 6.04 Å². The van der Waals surface area contributed by atoms with Crippen molar-refractivity contribution in [2.75, 3.05) is 18.4 Å². The second-order valence-electron chi connectivity index (χ2n) is 8.59. The Morgan fingerprint density at radius 3 is 2.36 bits per heavy atom. The second kappa shape index (κ2) is 9.36. The molecule has 8 nitrogen and oxygen atoms in total. The van der Waals surface area contributed by atoms with Crippen molar-refractivity contribution < 1.29 is 9.59 Å². The Hall–Kier alpha value is -3.81. The highest BCUT2D eigenvalue weighted by atomic mass is 16.2. The van der Waals surface area contributed by atoms with E-state index in [1.54, 1.807) is 6.08 Å². The molecule has 1 aliphatic heterocycles. The van der Waals surface area contributed by atoms with Crippen molar-refractivity contribution in [1.82, 2.24) is 25.1 Å². The van der Waals surface area contributed by atoms with E-state index in [4.69, 9.17) is 0 Å². The molecule has 1 saturated heterocycles. The van der Waals surface area contributed by atoms with Crippen LogP contribution in [-0.4, -0.2) is 50.0 Å². The number of tetrazole rings is 1. The minimum atomic E-state index is -0.103. The minimum absolute atomic E-state index is 0.00232. The van der Waals surface area contributed by atoms with Gasteiger partial charge < -0.3 is 10.2 Å². The third kappa shape index (κ3) is 5.00. The van der Waals surface area contributed by atoms with Crippen LogP contribution in [0.4, 0.5) is 5.69 Å². The third-order valence-corrected chi connectivity index (χ3v) is 6.19. The monoisotopic (exact) mass is 442 g/mol. The van der Waals surface area contributed by atoms with Gasteiger partial charge in [0.1, 0.15) is 0 Å². The lowest BCUT2D eigenvalue weighted by Gasteiger charge is -2.30. The Kier molecular flexibility index (Phi) is 5.97. The van der Waals surface area contributed by atoms with Crippen LogP contribution >= 0.6 is 0 Å². The van der Waals surface area contributed by atoms with E-state index in [1.807, 2.05) is 70.3 Å². The smallest absolute Gasteiger partial charge is 0.246 e. The summed E-state index contributed by atoms with van der Waals surface area (Å²) in [5, 5.41) is 15.0. The summed E-state index contributed by atoms with van der Waals surface area (Å²) < 4.78 is 1.87. The molecular formula is C25H26N6O2. The van der Waals surface area contributed by atoms with Gasteiger partial charge in [-0.1, -0.05) is 30.3 Å². The summed E-state index contributed by atoms with van der Waals surface area (Å²) in [4.78, 5) is 27.0. The summed E-state index contributed by atoms with van der Waals surface area (Å²) in [6, 6.07) is 17.8. The summed E-state index contributed by atoms with van der Waals surface area (Å²) in [6.45, 7) is 1.16. The largest absolute Gasteiger partial charge is 0.339 e. The van der Waals surface area contributed by atoms with Crippen LogP contribution in [0.25, 0.3) is 17.5 Å². The molecule has 0 bridgehead atoms. The summed E-state index contributed by atoms with van der Waals surface area (Å²) >= 11 is 0. The van der Waals surface area contributed by atoms with E-state index in [-0.39, 0.29) is 17.7 Å². The number of aromatic nitrogens is 4. The maximum absolute atomic E-state index is 12.8. The number of amides is 2. The number of nitrogens with one attached hydrogen (secondary N) is 1. The Bertz CT molecular complexity index is 1140. The van der Waals surface area contributed by atoms with Crippen LogP contribution in [0.3, 0.4) is 0 Å². The van der Waals surface area contributed by atoms with E-state index in [0.717, 1.165) is 35.5 Å². The number of hydrogen-bond donors (Lipinski definition) is 1.